The van der Waals surface area contributed by atoms with Crippen molar-refractivity contribution in [2.75, 3.05) is 18.4 Å². The maximum Gasteiger partial charge on any atom is 0.337 e. The minimum Gasteiger partial charge on any atom is -0.478 e. The van der Waals surface area contributed by atoms with Gasteiger partial charge in [-0.2, -0.15) is 5.10 Å². The molecule has 4 rings (SSSR count). The summed E-state index contributed by atoms with van der Waals surface area (Å²) >= 11 is 0. The van der Waals surface area contributed by atoms with E-state index in [0.717, 1.165) is 24.2 Å². The Bertz CT molecular complexity index is 954. The molecule has 3 aromatic rings. The van der Waals surface area contributed by atoms with E-state index in [9.17, 15) is 9.90 Å². The van der Waals surface area contributed by atoms with E-state index < -0.39 is 5.97 Å². The molecule has 1 saturated heterocycles. The molecule has 0 unspecified atom stereocenters. The zero-order valence-electron chi connectivity index (χ0n) is 15.0. The van der Waals surface area contributed by atoms with Crippen molar-refractivity contribution in [2.45, 2.75) is 13.0 Å². The van der Waals surface area contributed by atoms with Crippen LogP contribution >= 0.6 is 0 Å². The molecule has 1 aliphatic rings. The number of rotatable bonds is 5. The summed E-state index contributed by atoms with van der Waals surface area (Å²) in [6.07, 6.45) is 5.01. The number of carboxylic acids is 1. The Morgan fingerprint density at radius 3 is 2.78 bits per heavy atom. The lowest BCUT2D eigenvalue weighted by Gasteiger charge is -2.14. The SMILES string of the molecule is C[C@@H]1CNC[C@H]1n1cc(-c2ccccc2)c(Nc2cnccc2C(=O)O)n1. The van der Waals surface area contributed by atoms with Gasteiger partial charge >= 0.3 is 5.97 Å². The van der Waals surface area contributed by atoms with E-state index in [2.05, 4.69) is 22.5 Å². The molecule has 0 spiro atoms. The van der Waals surface area contributed by atoms with Gasteiger partial charge in [-0.15, -0.1) is 0 Å². The van der Waals surface area contributed by atoms with E-state index >= 15 is 0 Å². The van der Waals surface area contributed by atoms with Crippen molar-refractivity contribution >= 4 is 17.5 Å². The van der Waals surface area contributed by atoms with Gasteiger partial charge in [-0.25, -0.2) is 4.79 Å². The summed E-state index contributed by atoms with van der Waals surface area (Å²) in [5.41, 5.74) is 2.53. The summed E-state index contributed by atoms with van der Waals surface area (Å²) in [7, 11) is 0. The lowest BCUT2D eigenvalue weighted by molar-refractivity contribution is 0.0698. The lowest BCUT2D eigenvalue weighted by Crippen LogP contribution is -2.16. The van der Waals surface area contributed by atoms with Gasteiger partial charge in [0.1, 0.15) is 0 Å². The summed E-state index contributed by atoms with van der Waals surface area (Å²) in [4.78, 5) is 15.6. The first-order valence-corrected chi connectivity index (χ1v) is 8.93. The monoisotopic (exact) mass is 363 g/mol. The summed E-state index contributed by atoms with van der Waals surface area (Å²) in [5, 5.41) is 20.8. The van der Waals surface area contributed by atoms with Gasteiger partial charge < -0.3 is 15.7 Å². The molecule has 0 bridgehead atoms. The second-order valence-corrected chi connectivity index (χ2v) is 6.79. The smallest absolute Gasteiger partial charge is 0.337 e. The number of carboxylic acid groups (broad SMARTS) is 1. The summed E-state index contributed by atoms with van der Waals surface area (Å²) < 4.78 is 1.98. The molecule has 7 heteroatoms. The number of pyridine rings is 1. The first-order valence-electron chi connectivity index (χ1n) is 8.93. The van der Waals surface area contributed by atoms with E-state index in [1.165, 1.54) is 18.5 Å². The van der Waals surface area contributed by atoms with Crippen molar-refractivity contribution in [3.63, 3.8) is 0 Å². The second-order valence-electron chi connectivity index (χ2n) is 6.79. The van der Waals surface area contributed by atoms with E-state index in [1.54, 1.807) is 0 Å². The third-order valence-electron chi connectivity index (χ3n) is 4.94. The van der Waals surface area contributed by atoms with Crippen LogP contribution in [0.25, 0.3) is 11.1 Å². The molecule has 1 aliphatic heterocycles. The summed E-state index contributed by atoms with van der Waals surface area (Å²) in [6, 6.07) is 11.7. The zero-order valence-corrected chi connectivity index (χ0v) is 15.0. The van der Waals surface area contributed by atoms with Crippen LogP contribution in [0.2, 0.25) is 0 Å². The van der Waals surface area contributed by atoms with Gasteiger partial charge in [0, 0.05) is 24.5 Å². The number of carbonyl (C=O) groups is 1. The van der Waals surface area contributed by atoms with Crippen molar-refractivity contribution in [3.05, 3.63) is 60.6 Å². The molecule has 2 atom stereocenters. The van der Waals surface area contributed by atoms with Crippen LogP contribution in [-0.2, 0) is 0 Å². The Labute approximate surface area is 157 Å². The topological polar surface area (TPSA) is 92.1 Å². The van der Waals surface area contributed by atoms with E-state index in [1.807, 2.05) is 41.2 Å². The first-order chi connectivity index (χ1) is 13.1. The van der Waals surface area contributed by atoms with Gasteiger partial charge in [0.2, 0.25) is 0 Å². The van der Waals surface area contributed by atoms with Crippen molar-refractivity contribution in [2.24, 2.45) is 5.92 Å². The third-order valence-corrected chi connectivity index (χ3v) is 4.94. The average molecular weight is 363 g/mol. The fraction of sp³-hybridized carbons (Fsp3) is 0.250. The fourth-order valence-electron chi connectivity index (χ4n) is 3.44. The maximum absolute atomic E-state index is 11.5. The molecule has 2 aromatic heterocycles. The number of hydrogen-bond acceptors (Lipinski definition) is 5. The highest BCUT2D eigenvalue weighted by Gasteiger charge is 2.27. The van der Waals surface area contributed by atoms with E-state index in [0.29, 0.717) is 17.4 Å². The molecule has 27 heavy (non-hydrogen) atoms. The number of anilines is 2. The quantitative estimate of drug-likeness (QED) is 0.645. The molecule has 0 radical (unpaired) electrons. The molecular weight excluding hydrogens is 342 g/mol. The van der Waals surface area contributed by atoms with Crippen LogP contribution in [0.5, 0.6) is 0 Å². The minimum atomic E-state index is -1.01. The van der Waals surface area contributed by atoms with Crippen LogP contribution in [0.1, 0.15) is 23.3 Å². The number of hydrogen-bond donors (Lipinski definition) is 3. The molecule has 3 heterocycles. The van der Waals surface area contributed by atoms with Gasteiger partial charge in [0.25, 0.3) is 0 Å². The molecule has 1 aromatic carbocycles. The first kappa shape index (κ1) is 17.2. The molecule has 138 valence electrons. The van der Waals surface area contributed by atoms with Gasteiger partial charge in [0.15, 0.2) is 5.82 Å². The molecule has 0 amide bonds. The highest BCUT2D eigenvalue weighted by Crippen LogP contribution is 2.33. The summed E-state index contributed by atoms with van der Waals surface area (Å²) in [6.45, 7) is 4.02. The van der Waals surface area contributed by atoms with Crippen molar-refractivity contribution in [1.29, 1.82) is 0 Å². The number of nitrogens with zero attached hydrogens (tertiary/aromatic N) is 3. The van der Waals surface area contributed by atoms with Gasteiger partial charge in [-0.3, -0.25) is 9.67 Å². The fourth-order valence-corrected chi connectivity index (χ4v) is 3.44. The molecule has 0 saturated carbocycles. The minimum absolute atomic E-state index is 0.162. The predicted octanol–water partition coefficient (Wildman–Crippen LogP) is 3.17. The van der Waals surface area contributed by atoms with Crippen LogP contribution < -0.4 is 10.6 Å². The highest BCUT2D eigenvalue weighted by molar-refractivity contribution is 5.95. The van der Waals surface area contributed by atoms with Crippen LogP contribution in [-0.4, -0.2) is 38.9 Å². The number of aromatic nitrogens is 3. The third kappa shape index (κ3) is 3.41. The normalized spacial score (nSPS) is 19.1. The Morgan fingerprint density at radius 1 is 1.26 bits per heavy atom. The highest BCUT2D eigenvalue weighted by atomic mass is 16.4. The molecule has 7 nitrogen and oxygen atoms in total. The number of benzene rings is 1. The van der Waals surface area contributed by atoms with Crippen LogP contribution in [0.4, 0.5) is 11.5 Å². The van der Waals surface area contributed by atoms with Crippen molar-refractivity contribution in [3.8, 4) is 11.1 Å². The van der Waals surface area contributed by atoms with Crippen LogP contribution in [0, 0.1) is 5.92 Å². The Morgan fingerprint density at radius 2 is 2.07 bits per heavy atom. The summed E-state index contributed by atoms with van der Waals surface area (Å²) in [5.74, 6) is 0.0827. The molecule has 0 aliphatic carbocycles. The van der Waals surface area contributed by atoms with Crippen LogP contribution in [0.3, 0.4) is 0 Å². The number of aromatic carboxylic acids is 1. The van der Waals surface area contributed by atoms with Crippen molar-refractivity contribution in [1.82, 2.24) is 20.1 Å². The second kappa shape index (κ2) is 7.20. The lowest BCUT2D eigenvalue weighted by atomic mass is 10.1. The number of nitrogens with one attached hydrogen (secondary N) is 2. The van der Waals surface area contributed by atoms with E-state index in [-0.39, 0.29) is 11.6 Å². The molecular formula is C20H21N5O2. The van der Waals surface area contributed by atoms with Gasteiger partial charge in [0.05, 0.1) is 23.5 Å². The molecule has 3 N–H and O–H groups in total. The average Bonchev–Trinajstić information content (AvgIpc) is 3.29. The Balaban J connectivity index is 1.77. The van der Waals surface area contributed by atoms with Crippen molar-refractivity contribution < 1.29 is 9.90 Å². The molecule has 1 fully saturated rings. The zero-order chi connectivity index (χ0) is 18.8. The standard InChI is InChI=1S/C20H21N5O2/c1-13-9-22-11-18(13)25-12-16(14-5-3-2-4-6-14)19(24-25)23-17-10-21-8-7-15(17)20(26)27/h2-8,10,12-13,18,22H,9,11H2,1H3,(H,23,24)(H,26,27)/t13-,18-/m1/s1. The van der Waals surface area contributed by atoms with Gasteiger partial charge in [-0.1, -0.05) is 37.3 Å². The Hall–Kier alpha value is -3.19. The van der Waals surface area contributed by atoms with Gasteiger partial charge in [-0.05, 0) is 24.1 Å². The predicted molar refractivity (Wildman–Crippen MR) is 103 cm³/mol. The van der Waals surface area contributed by atoms with E-state index in [4.69, 9.17) is 5.10 Å². The van der Waals surface area contributed by atoms with Crippen LogP contribution in [0.15, 0.2) is 55.0 Å². The maximum atomic E-state index is 11.5. The largest absolute Gasteiger partial charge is 0.478 e. The Kier molecular flexibility index (Phi) is 4.60.